The van der Waals surface area contributed by atoms with E-state index in [2.05, 4.69) is 5.32 Å². The Morgan fingerprint density at radius 2 is 2.31 bits per heavy atom. The number of hydrogen-bond donors (Lipinski definition) is 1. The van der Waals surface area contributed by atoms with Crippen molar-refractivity contribution in [2.24, 2.45) is 0 Å². The Kier molecular flexibility index (Phi) is 1.79. The molecule has 1 atom stereocenters. The molecular weight excluding hydrogens is 169 g/mol. The first kappa shape index (κ1) is 8.23. The van der Waals surface area contributed by atoms with Gasteiger partial charge in [-0.15, -0.1) is 0 Å². The summed E-state index contributed by atoms with van der Waals surface area (Å²) >= 11 is 0. The first-order valence-electron chi connectivity index (χ1n) is 4.26. The van der Waals surface area contributed by atoms with E-state index in [-0.39, 0.29) is 17.6 Å². The van der Waals surface area contributed by atoms with E-state index in [1.807, 2.05) is 6.92 Å². The van der Waals surface area contributed by atoms with Crippen LogP contribution in [-0.4, -0.2) is 12.5 Å². The number of fused-ring (bicyclic) bond motifs is 1. The van der Waals surface area contributed by atoms with Gasteiger partial charge in [0.15, 0.2) is 0 Å². The third-order valence-corrected chi connectivity index (χ3v) is 2.36. The molecule has 0 aromatic heterocycles. The molecule has 13 heavy (non-hydrogen) atoms. The molecule has 0 aliphatic carbocycles. The van der Waals surface area contributed by atoms with Crippen molar-refractivity contribution in [3.8, 4) is 0 Å². The lowest BCUT2D eigenvalue weighted by Crippen LogP contribution is -2.34. The first-order chi connectivity index (χ1) is 6.18. The van der Waals surface area contributed by atoms with Gasteiger partial charge in [0.1, 0.15) is 5.82 Å². The van der Waals surface area contributed by atoms with Crippen LogP contribution in [-0.2, 0) is 0 Å². The highest BCUT2D eigenvalue weighted by molar-refractivity contribution is 5.97. The molecule has 0 fully saturated rings. The van der Waals surface area contributed by atoms with E-state index in [0.29, 0.717) is 12.1 Å². The summed E-state index contributed by atoms with van der Waals surface area (Å²) in [5.41, 5.74) is 1.41. The van der Waals surface area contributed by atoms with Gasteiger partial charge < -0.3 is 5.32 Å². The standard InChI is InChI=1S/C10H10FNO/c1-6-5-12-10(13)9-4-7(11)2-3-8(6)9/h2-4,6H,5H2,1H3,(H,12,13). The fourth-order valence-electron chi connectivity index (χ4n) is 1.61. The van der Waals surface area contributed by atoms with Crippen molar-refractivity contribution in [1.82, 2.24) is 5.32 Å². The number of benzene rings is 1. The monoisotopic (exact) mass is 179 g/mol. The van der Waals surface area contributed by atoms with E-state index in [4.69, 9.17) is 0 Å². The molecule has 2 nitrogen and oxygen atoms in total. The molecule has 1 N–H and O–H groups in total. The predicted octanol–water partition coefficient (Wildman–Crippen LogP) is 1.67. The molecule has 1 amide bonds. The van der Waals surface area contributed by atoms with Crippen molar-refractivity contribution in [1.29, 1.82) is 0 Å². The van der Waals surface area contributed by atoms with Crippen molar-refractivity contribution in [2.75, 3.05) is 6.54 Å². The first-order valence-corrected chi connectivity index (χ1v) is 4.26. The van der Waals surface area contributed by atoms with Crippen LogP contribution in [0.4, 0.5) is 4.39 Å². The highest BCUT2D eigenvalue weighted by Crippen LogP contribution is 2.23. The molecule has 1 aliphatic heterocycles. The second kappa shape index (κ2) is 2.83. The SMILES string of the molecule is CC1CNC(=O)c2cc(F)ccc21. The van der Waals surface area contributed by atoms with E-state index in [1.54, 1.807) is 6.07 Å². The van der Waals surface area contributed by atoms with Gasteiger partial charge >= 0.3 is 0 Å². The maximum Gasteiger partial charge on any atom is 0.251 e. The Labute approximate surface area is 75.8 Å². The average molecular weight is 179 g/mol. The summed E-state index contributed by atoms with van der Waals surface area (Å²) < 4.78 is 12.8. The van der Waals surface area contributed by atoms with E-state index in [1.165, 1.54) is 12.1 Å². The lowest BCUT2D eigenvalue weighted by Gasteiger charge is -2.22. The topological polar surface area (TPSA) is 29.1 Å². The Hall–Kier alpha value is -1.38. The second-order valence-electron chi connectivity index (χ2n) is 3.34. The van der Waals surface area contributed by atoms with E-state index < -0.39 is 0 Å². The van der Waals surface area contributed by atoms with Crippen LogP contribution in [0.2, 0.25) is 0 Å². The van der Waals surface area contributed by atoms with Gasteiger partial charge in [-0.25, -0.2) is 4.39 Å². The number of rotatable bonds is 0. The predicted molar refractivity (Wildman–Crippen MR) is 47.1 cm³/mol. The molecule has 1 aromatic rings. The average Bonchev–Trinajstić information content (AvgIpc) is 2.12. The lowest BCUT2D eigenvalue weighted by molar-refractivity contribution is 0.0940. The number of nitrogens with one attached hydrogen (secondary N) is 1. The number of halogens is 1. The number of amides is 1. The summed E-state index contributed by atoms with van der Waals surface area (Å²) in [6.07, 6.45) is 0. The molecule has 68 valence electrons. The molecule has 1 heterocycles. The quantitative estimate of drug-likeness (QED) is 0.645. The van der Waals surface area contributed by atoms with Crippen LogP contribution in [0.3, 0.4) is 0 Å². The van der Waals surface area contributed by atoms with Gasteiger partial charge in [0.05, 0.1) is 0 Å². The minimum absolute atomic E-state index is 0.174. The van der Waals surface area contributed by atoms with Crippen molar-refractivity contribution in [3.63, 3.8) is 0 Å². The van der Waals surface area contributed by atoms with Crippen molar-refractivity contribution in [2.45, 2.75) is 12.8 Å². The maximum atomic E-state index is 12.8. The molecule has 1 unspecified atom stereocenters. The molecule has 0 saturated carbocycles. The van der Waals surface area contributed by atoms with Gasteiger partial charge in [-0.1, -0.05) is 13.0 Å². The Balaban J connectivity index is 2.57. The molecule has 3 heteroatoms. The van der Waals surface area contributed by atoms with Crippen LogP contribution < -0.4 is 5.32 Å². The van der Waals surface area contributed by atoms with Crippen LogP contribution in [0, 0.1) is 5.82 Å². The summed E-state index contributed by atoms with van der Waals surface area (Å²) in [4.78, 5) is 11.3. The normalized spacial score (nSPS) is 20.8. The third kappa shape index (κ3) is 1.30. The Bertz CT molecular complexity index is 362. The summed E-state index contributed by atoms with van der Waals surface area (Å²) in [7, 11) is 0. The molecule has 1 aromatic carbocycles. The highest BCUT2D eigenvalue weighted by Gasteiger charge is 2.22. The van der Waals surface area contributed by atoms with E-state index >= 15 is 0 Å². The molecular formula is C10H10FNO. The van der Waals surface area contributed by atoms with Crippen molar-refractivity contribution >= 4 is 5.91 Å². The van der Waals surface area contributed by atoms with Gasteiger partial charge in [0, 0.05) is 12.1 Å². The molecule has 0 spiro atoms. The third-order valence-electron chi connectivity index (χ3n) is 2.36. The molecule has 0 bridgehead atoms. The van der Waals surface area contributed by atoms with Crippen molar-refractivity contribution < 1.29 is 9.18 Å². The fraction of sp³-hybridized carbons (Fsp3) is 0.300. The zero-order chi connectivity index (χ0) is 9.42. The molecule has 0 radical (unpaired) electrons. The summed E-state index contributed by atoms with van der Waals surface area (Å²) in [5, 5.41) is 2.71. The smallest absolute Gasteiger partial charge is 0.251 e. The van der Waals surface area contributed by atoms with Crippen LogP contribution in [0.5, 0.6) is 0 Å². The van der Waals surface area contributed by atoms with Gasteiger partial charge in [0.25, 0.3) is 5.91 Å². The number of carbonyl (C=O) groups excluding carboxylic acids is 1. The van der Waals surface area contributed by atoms with E-state index in [0.717, 1.165) is 5.56 Å². The maximum absolute atomic E-state index is 12.8. The zero-order valence-electron chi connectivity index (χ0n) is 7.30. The summed E-state index contributed by atoms with van der Waals surface area (Å²) in [6, 6.07) is 4.38. The Morgan fingerprint density at radius 1 is 1.54 bits per heavy atom. The van der Waals surface area contributed by atoms with Crippen LogP contribution in [0.25, 0.3) is 0 Å². The highest BCUT2D eigenvalue weighted by atomic mass is 19.1. The van der Waals surface area contributed by atoms with E-state index in [9.17, 15) is 9.18 Å². The minimum Gasteiger partial charge on any atom is -0.351 e. The number of carbonyl (C=O) groups is 1. The molecule has 0 saturated heterocycles. The van der Waals surface area contributed by atoms with Gasteiger partial charge in [0.2, 0.25) is 0 Å². The fourth-order valence-corrected chi connectivity index (χ4v) is 1.61. The van der Waals surface area contributed by atoms with Crippen LogP contribution in [0.1, 0.15) is 28.8 Å². The lowest BCUT2D eigenvalue weighted by atomic mass is 9.92. The number of hydrogen-bond acceptors (Lipinski definition) is 1. The second-order valence-corrected chi connectivity index (χ2v) is 3.34. The van der Waals surface area contributed by atoms with Crippen LogP contribution >= 0.6 is 0 Å². The summed E-state index contributed by atoms with van der Waals surface area (Å²) in [6.45, 7) is 2.65. The minimum atomic E-state index is -0.358. The zero-order valence-corrected chi connectivity index (χ0v) is 7.30. The Morgan fingerprint density at radius 3 is 3.08 bits per heavy atom. The van der Waals surface area contributed by atoms with Gasteiger partial charge in [-0.2, -0.15) is 0 Å². The summed E-state index contributed by atoms with van der Waals surface area (Å²) in [5.74, 6) is -0.260. The van der Waals surface area contributed by atoms with Crippen LogP contribution in [0.15, 0.2) is 18.2 Å². The molecule has 2 rings (SSSR count). The van der Waals surface area contributed by atoms with Crippen molar-refractivity contribution in [3.05, 3.63) is 35.1 Å². The van der Waals surface area contributed by atoms with Gasteiger partial charge in [-0.3, -0.25) is 4.79 Å². The van der Waals surface area contributed by atoms with Gasteiger partial charge in [-0.05, 0) is 23.6 Å². The largest absolute Gasteiger partial charge is 0.351 e. The molecule has 1 aliphatic rings.